The van der Waals surface area contributed by atoms with Crippen LogP contribution in [0.2, 0.25) is 0 Å². The predicted molar refractivity (Wildman–Crippen MR) is 238 cm³/mol. The van der Waals surface area contributed by atoms with E-state index in [1.54, 1.807) is 7.11 Å². The zero-order chi connectivity index (χ0) is 40.6. The van der Waals surface area contributed by atoms with Gasteiger partial charge < -0.3 is 18.9 Å². The van der Waals surface area contributed by atoms with Crippen molar-refractivity contribution >= 4 is 33.2 Å². The van der Waals surface area contributed by atoms with Crippen molar-refractivity contribution in [2.24, 2.45) is 0 Å². The summed E-state index contributed by atoms with van der Waals surface area (Å²) in [5.41, 5.74) is 6.90. The number of nitrogens with zero attached hydrogens (tertiary/aromatic N) is 6. The molecule has 0 spiro atoms. The lowest BCUT2D eigenvalue weighted by molar-refractivity contribution is 0.184. The Bertz CT molecular complexity index is 2290. The molecule has 0 amide bonds. The summed E-state index contributed by atoms with van der Waals surface area (Å²) < 4.78 is 23.4. The Labute approximate surface area is 349 Å². The highest BCUT2D eigenvalue weighted by molar-refractivity contribution is 5.96. The van der Waals surface area contributed by atoms with Crippen LogP contribution in [0.5, 0.6) is 23.0 Å². The quantitative estimate of drug-likeness (QED) is 0.0885. The summed E-state index contributed by atoms with van der Waals surface area (Å²) in [5, 5.41) is 7.68. The topological polar surface area (TPSA) is 75.7 Å². The van der Waals surface area contributed by atoms with E-state index < -0.39 is 0 Å². The first-order chi connectivity index (χ1) is 29.1. The lowest BCUT2D eigenvalue weighted by Crippen LogP contribution is -2.59. The highest BCUT2D eigenvalue weighted by Gasteiger charge is 2.36. The van der Waals surface area contributed by atoms with Gasteiger partial charge in [-0.1, -0.05) is 48.5 Å². The van der Waals surface area contributed by atoms with Crippen LogP contribution >= 0.6 is 0 Å². The lowest BCUT2D eigenvalue weighted by Gasteiger charge is -2.51. The molecule has 2 saturated heterocycles. The third-order valence-electron chi connectivity index (χ3n) is 11.7. The summed E-state index contributed by atoms with van der Waals surface area (Å²) in [6.45, 7) is 13.5. The maximum atomic E-state index is 5.99. The summed E-state index contributed by atoms with van der Waals surface area (Å²) in [6.07, 6.45) is 8.04. The number of hydrogen-bond acceptors (Lipinski definition) is 10. The van der Waals surface area contributed by atoms with E-state index in [-0.39, 0.29) is 12.1 Å². The van der Waals surface area contributed by atoms with Crippen LogP contribution in [0, 0.1) is 0 Å². The first-order valence-corrected chi connectivity index (χ1v) is 21.5. The van der Waals surface area contributed by atoms with Gasteiger partial charge in [-0.25, -0.2) is 0 Å². The van der Waals surface area contributed by atoms with Crippen LogP contribution in [0.15, 0.2) is 109 Å². The minimum absolute atomic E-state index is 0.262. The van der Waals surface area contributed by atoms with Crippen LogP contribution in [0.4, 0.5) is 11.4 Å². The Morgan fingerprint density at radius 2 is 0.949 bits per heavy atom. The zero-order valence-corrected chi connectivity index (χ0v) is 35.1. The number of piperidine rings is 2. The molecule has 2 aliphatic rings. The number of hydrogen-bond donors (Lipinski definition) is 0. The first-order valence-electron chi connectivity index (χ1n) is 21.5. The maximum Gasteiger partial charge on any atom is 0.161 e. The molecule has 6 aromatic rings. The van der Waals surface area contributed by atoms with Crippen molar-refractivity contribution in [3.8, 4) is 23.0 Å². The van der Waals surface area contributed by atoms with Gasteiger partial charge in [0.1, 0.15) is 0 Å². The van der Waals surface area contributed by atoms with Crippen molar-refractivity contribution in [3.05, 3.63) is 121 Å². The van der Waals surface area contributed by atoms with Crippen LogP contribution in [0.1, 0.15) is 57.6 Å². The van der Waals surface area contributed by atoms with Crippen molar-refractivity contribution in [1.29, 1.82) is 0 Å². The van der Waals surface area contributed by atoms with Gasteiger partial charge in [0.15, 0.2) is 23.0 Å². The minimum atomic E-state index is 0.262. The van der Waals surface area contributed by atoms with Gasteiger partial charge in [0.05, 0.1) is 61.4 Å². The molecule has 4 aromatic carbocycles. The van der Waals surface area contributed by atoms with Crippen LogP contribution in [-0.4, -0.2) is 85.0 Å². The number of pyridine rings is 2. The molecule has 2 aliphatic heterocycles. The Hall–Kier alpha value is -5.58. The van der Waals surface area contributed by atoms with Crippen LogP contribution < -0.4 is 29.0 Å². The molecule has 2 aromatic heterocycles. The Morgan fingerprint density at radius 1 is 0.525 bits per heavy atom. The summed E-state index contributed by atoms with van der Waals surface area (Å²) in [5.74, 6) is 3.21. The third-order valence-corrected chi connectivity index (χ3v) is 11.7. The smallest absolute Gasteiger partial charge is 0.161 e. The molecule has 0 unspecified atom stereocenters. The number of fused-ring (bicyclic) bond motifs is 2. The molecule has 0 radical (unpaired) electrons. The Kier molecular flexibility index (Phi) is 12.9. The molecule has 0 aliphatic carbocycles. The number of ether oxygens (including phenoxy) is 4. The average molecular weight is 795 g/mol. The fourth-order valence-electron chi connectivity index (χ4n) is 8.98. The van der Waals surface area contributed by atoms with Gasteiger partial charge in [0.25, 0.3) is 0 Å². The normalized spacial score (nSPS) is 15.7. The summed E-state index contributed by atoms with van der Waals surface area (Å²) in [7, 11) is 1.70. The third kappa shape index (κ3) is 9.04. The van der Waals surface area contributed by atoms with Gasteiger partial charge >= 0.3 is 0 Å². The first kappa shape index (κ1) is 40.2. The van der Waals surface area contributed by atoms with Gasteiger partial charge in [-0.05, 0) is 106 Å². The second kappa shape index (κ2) is 19.0. The van der Waals surface area contributed by atoms with Crippen LogP contribution in [0.3, 0.4) is 0 Å². The molecule has 10 nitrogen and oxygen atoms in total. The molecule has 0 bridgehead atoms. The number of para-hydroxylation sites is 2. The molecule has 0 saturated carbocycles. The number of aromatic nitrogens is 2. The highest BCUT2D eigenvalue weighted by atomic mass is 16.5. The zero-order valence-electron chi connectivity index (χ0n) is 35.1. The number of hydrazine groups is 1. The fraction of sp³-hybridized carbons (Fsp3) is 0.388. The van der Waals surface area contributed by atoms with Crippen molar-refractivity contribution in [1.82, 2.24) is 19.8 Å². The summed E-state index contributed by atoms with van der Waals surface area (Å²) in [4.78, 5) is 14.8. The Morgan fingerprint density at radius 3 is 1.41 bits per heavy atom. The predicted octanol–water partition coefficient (Wildman–Crippen LogP) is 9.54. The molecular weight excluding hydrogens is 737 g/mol. The van der Waals surface area contributed by atoms with Gasteiger partial charge in [-0.15, -0.1) is 0 Å². The number of methoxy groups -OCH3 is 1. The molecular formula is C49H58N6O4. The molecule has 8 rings (SSSR count). The van der Waals surface area contributed by atoms with E-state index in [4.69, 9.17) is 28.9 Å². The van der Waals surface area contributed by atoms with Gasteiger partial charge in [0.2, 0.25) is 0 Å². The van der Waals surface area contributed by atoms with Gasteiger partial charge in [-0.2, -0.15) is 0 Å². The van der Waals surface area contributed by atoms with E-state index in [0.29, 0.717) is 19.8 Å². The Balaban J connectivity index is 1.11. The fourth-order valence-corrected chi connectivity index (χ4v) is 8.98. The molecule has 0 atom stereocenters. The second-order valence-corrected chi connectivity index (χ2v) is 15.5. The maximum absolute atomic E-state index is 5.99. The van der Waals surface area contributed by atoms with Crippen molar-refractivity contribution < 1.29 is 18.9 Å². The average Bonchev–Trinajstić information content (AvgIpc) is 3.27. The standard InChI is InChI=1S/C49H58N6O4/c1-5-57-47-19-17-37(33-49(47)59-7-3)35-53-30-24-39(25-31-53)55(45-21-27-51-43-15-11-9-13-41(43)45)54(44-20-26-50-42-14-10-8-12-40(42)44)38-22-28-52(29-23-38)34-36-16-18-46(56-4)48(32-36)58-6-2/h8-21,26-27,32-33,38-39H,5-7,22-25,28-31,34-35H2,1-4H3. The van der Waals surface area contributed by atoms with E-state index in [0.717, 1.165) is 99.0 Å². The van der Waals surface area contributed by atoms with Crippen LogP contribution in [-0.2, 0) is 13.1 Å². The van der Waals surface area contributed by atoms with Gasteiger partial charge in [-0.3, -0.25) is 29.8 Å². The number of rotatable bonds is 16. The summed E-state index contributed by atoms with van der Waals surface area (Å²) >= 11 is 0. The van der Waals surface area contributed by atoms with E-state index in [1.165, 1.54) is 33.3 Å². The number of benzene rings is 4. The van der Waals surface area contributed by atoms with E-state index in [2.05, 4.69) is 111 Å². The molecule has 10 heteroatoms. The van der Waals surface area contributed by atoms with Crippen LogP contribution in [0.25, 0.3) is 21.8 Å². The lowest BCUT2D eigenvalue weighted by atomic mass is 9.99. The summed E-state index contributed by atoms with van der Waals surface area (Å²) in [6, 6.07) is 34.9. The van der Waals surface area contributed by atoms with Crippen molar-refractivity contribution in [3.63, 3.8) is 0 Å². The van der Waals surface area contributed by atoms with E-state index in [9.17, 15) is 0 Å². The number of likely N-dealkylation sites (tertiary alicyclic amines) is 2. The van der Waals surface area contributed by atoms with E-state index >= 15 is 0 Å². The molecule has 308 valence electrons. The largest absolute Gasteiger partial charge is 0.493 e. The molecule has 59 heavy (non-hydrogen) atoms. The van der Waals surface area contributed by atoms with Crippen molar-refractivity contribution in [2.75, 3.05) is 63.1 Å². The molecule has 0 N–H and O–H groups in total. The minimum Gasteiger partial charge on any atom is -0.493 e. The van der Waals surface area contributed by atoms with Gasteiger partial charge in [0, 0.05) is 62.4 Å². The molecule has 4 heterocycles. The van der Waals surface area contributed by atoms with E-state index in [1.807, 2.05) is 39.2 Å². The highest BCUT2D eigenvalue weighted by Crippen LogP contribution is 2.40. The van der Waals surface area contributed by atoms with Crippen molar-refractivity contribution in [2.45, 2.75) is 71.6 Å². The number of anilines is 2. The monoisotopic (exact) mass is 794 g/mol. The second-order valence-electron chi connectivity index (χ2n) is 15.5. The SMILES string of the molecule is CCOc1cc(CN2CCC(N(c3ccnc4ccccc34)N(c3ccnc4ccccc34)C3CCN(Cc4ccc(OCC)c(OCC)c4)CC3)CC2)ccc1OC. The molecule has 2 fully saturated rings.